The molecule has 0 bridgehead atoms. The van der Waals surface area contributed by atoms with E-state index in [4.69, 9.17) is 17.0 Å². The van der Waals surface area contributed by atoms with E-state index in [2.05, 4.69) is 10.6 Å². The zero-order valence-electron chi connectivity index (χ0n) is 21.8. The quantitative estimate of drug-likeness (QED) is 0.198. The first kappa shape index (κ1) is 30.7. The molecule has 216 valence electrons. The number of allylic oxidation sites excluding steroid dienone is 1. The number of anilines is 2. The van der Waals surface area contributed by atoms with Gasteiger partial charge in [-0.25, -0.2) is 9.59 Å². The summed E-state index contributed by atoms with van der Waals surface area (Å²) in [5.41, 5.74) is -2.11. The number of ether oxygens (including phenoxy) is 1. The van der Waals surface area contributed by atoms with Crippen LogP contribution >= 0.6 is 12.2 Å². The van der Waals surface area contributed by atoms with Gasteiger partial charge in [-0.15, -0.1) is 0 Å². The molecule has 2 amide bonds. The van der Waals surface area contributed by atoms with Crippen molar-refractivity contribution in [3.63, 3.8) is 0 Å². The molecule has 1 atom stereocenters. The lowest BCUT2D eigenvalue weighted by Crippen LogP contribution is -2.46. The van der Waals surface area contributed by atoms with Crippen LogP contribution in [0, 0.1) is 5.92 Å². The summed E-state index contributed by atoms with van der Waals surface area (Å²) in [5.74, 6) is -0.412. The average molecular weight is 589 g/mol. The maximum atomic E-state index is 13.1. The van der Waals surface area contributed by atoms with Crippen LogP contribution < -0.4 is 16.0 Å². The van der Waals surface area contributed by atoms with E-state index in [-0.39, 0.29) is 24.3 Å². The Morgan fingerprint density at radius 1 is 0.975 bits per heavy atom. The van der Waals surface area contributed by atoms with Gasteiger partial charge in [-0.1, -0.05) is 26.0 Å². The van der Waals surface area contributed by atoms with Crippen molar-refractivity contribution < 1.29 is 40.7 Å². The van der Waals surface area contributed by atoms with E-state index in [9.17, 15) is 35.9 Å². The lowest BCUT2D eigenvalue weighted by atomic mass is 9.95. The Kier molecular flexibility index (Phi) is 9.02. The highest BCUT2D eigenvalue weighted by atomic mass is 32.1. The summed E-state index contributed by atoms with van der Waals surface area (Å²) >= 11 is 5.36. The second-order valence-electron chi connectivity index (χ2n) is 9.43. The van der Waals surface area contributed by atoms with E-state index < -0.39 is 47.2 Å². The van der Waals surface area contributed by atoms with Crippen LogP contribution in [0.4, 0.5) is 42.5 Å². The van der Waals surface area contributed by atoms with E-state index in [0.29, 0.717) is 34.1 Å². The van der Waals surface area contributed by atoms with Crippen molar-refractivity contribution in [3.8, 4) is 0 Å². The summed E-state index contributed by atoms with van der Waals surface area (Å²) in [7, 11) is 1.70. The number of nitrogens with zero attached hydrogens (tertiary/aromatic N) is 1. The highest BCUT2D eigenvalue weighted by molar-refractivity contribution is 7.80. The largest absolute Gasteiger partial charge is 0.462 e. The van der Waals surface area contributed by atoms with Crippen LogP contribution in [0.5, 0.6) is 0 Å². The highest BCUT2D eigenvalue weighted by Crippen LogP contribution is 2.37. The smallest absolute Gasteiger partial charge is 0.416 e. The predicted octanol–water partition coefficient (Wildman–Crippen LogP) is 6.70. The van der Waals surface area contributed by atoms with Gasteiger partial charge in [0.15, 0.2) is 5.11 Å². The normalized spacial score (nSPS) is 16.1. The number of nitrogens with one attached hydrogen (secondary N) is 3. The molecule has 0 aromatic heterocycles. The molecule has 3 rings (SSSR count). The van der Waals surface area contributed by atoms with Gasteiger partial charge in [0.05, 0.1) is 29.3 Å². The monoisotopic (exact) mass is 588 g/mol. The van der Waals surface area contributed by atoms with Gasteiger partial charge < -0.3 is 25.6 Å². The molecular weight excluding hydrogens is 562 g/mol. The predicted molar refractivity (Wildman–Crippen MR) is 140 cm³/mol. The molecule has 1 aliphatic rings. The highest BCUT2D eigenvalue weighted by Gasteiger charge is 2.37. The summed E-state index contributed by atoms with van der Waals surface area (Å²) < 4.78 is 84.0. The maximum Gasteiger partial charge on any atom is 0.416 e. The van der Waals surface area contributed by atoms with Crippen molar-refractivity contribution in [2.45, 2.75) is 39.2 Å². The number of halogens is 6. The van der Waals surface area contributed by atoms with Crippen molar-refractivity contribution >= 4 is 40.7 Å². The maximum absolute atomic E-state index is 13.1. The SMILES string of the molecule is CC1=C(C(=O)OCC(C)C)C(c2ccc(NC(=O)Nc3cc(C(F)(F)F)cc(C(F)(F)F)c3)cc2)NC(=S)N1C. The summed E-state index contributed by atoms with van der Waals surface area (Å²) in [6.45, 7) is 5.74. The first-order valence-corrected chi connectivity index (χ1v) is 12.3. The van der Waals surface area contributed by atoms with Crippen molar-refractivity contribution in [2.75, 3.05) is 24.3 Å². The molecule has 7 nitrogen and oxygen atoms in total. The fourth-order valence-corrected chi connectivity index (χ4v) is 4.00. The van der Waals surface area contributed by atoms with Gasteiger partial charge >= 0.3 is 24.4 Å². The minimum absolute atomic E-state index is 0.0341. The van der Waals surface area contributed by atoms with E-state index in [1.54, 1.807) is 31.0 Å². The molecule has 14 heteroatoms. The number of benzene rings is 2. The number of carbonyl (C=O) groups excluding carboxylic acids is 2. The molecule has 40 heavy (non-hydrogen) atoms. The van der Waals surface area contributed by atoms with Crippen LogP contribution in [0.25, 0.3) is 0 Å². The molecule has 2 aromatic carbocycles. The van der Waals surface area contributed by atoms with E-state index >= 15 is 0 Å². The van der Waals surface area contributed by atoms with Crippen LogP contribution in [0.1, 0.15) is 43.5 Å². The Balaban J connectivity index is 1.80. The summed E-state index contributed by atoms with van der Waals surface area (Å²) in [4.78, 5) is 26.9. The van der Waals surface area contributed by atoms with Crippen LogP contribution in [-0.4, -0.2) is 35.7 Å². The molecule has 1 unspecified atom stereocenters. The number of amides is 2. The molecule has 3 N–H and O–H groups in total. The number of hydrogen-bond donors (Lipinski definition) is 3. The van der Waals surface area contributed by atoms with Crippen molar-refractivity contribution in [3.05, 3.63) is 70.4 Å². The molecular formula is C26H26F6N4O3S. The van der Waals surface area contributed by atoms with Gasteiger partial charge in [0, 0.05) is 24.1 Å². The Labute approximate surface area is 231 Å². The number of hydrogen-bond acceptors (Lipinski definition) is 4. The Bertz CT molecular complexity index is 1290. The third-order valence-electron chi connectivity index (χ3n) is 5.87. The van der Waals surface area contributed by atoms with Gasteiger partial charge in [0.2, 0.25) is 0 Å². The Morgan fingerprint density at radius 3 is 2.00 bits per heavy atom. The number of alkyl halides is 6. The lowest BCUT2D eigenvalue weighted by molar-refractivity contribution is -0.143. The van der Waals surface area contributed by atoms with Crippen molar-refractivity contribution in [1.29, 1.82) is 0 Å². The van der Waals surface area contributed by atoms with E-state index in [1.165, 1.54) is 12.1 Å². The second kappa shape index (κ2) is 11.7. The minimum atomic E-state index is -5.05. The fourth-order valence-electron chi connectivity index (χ4n) is 3.75. The third kappa shape index (κ3) is 7.43. The summed E-state index contributed by atoms with van der Waals surface area (Å²) in [6.07, 6.45) is -10.1. The van der Waals surface area contributed by atoms with E-state index in [0.717, 1.165) is 0 Å². The topological polar surface area (TPSA) is 82.7 Å². The molecule has 2 aromatic rings. The van der Waals surface area contributed by atoms with Gasteiger partial charge in [-0.05, 0) is 61.0 Å². The Hall–Kier alpha value is -3.81. The van der Waals surface area contributed by atoms with Gasteiger partial charge in [-0.2, -0.15) is 26.3 Å². The number of rotatable bonds is 6. The second-order valence-corrected chi connectivity index (χ2v) is 9.82. The lowest BCUT2D eigenvalue weighted by Gasteiger charge is -2.35. The summed E-state index contributed by atoms with van der Waals surface area (Å²) in [5, 5.41) is 7.80. The average Bonchev–Trinajstić information content (AvgIpc) is 2.84. The number of esters is 1. The Morgan fingerprint density at radius 2 is 1.50 bits per heavy atom. The van der Waals surface area contributed by atoms with E-state index in [1.807, 2.05) is 19.2 Å². The van der Waals surface area contributed by atoms with Gasteiger partial charge in [0.25, 0.3) is 0 Å². The molecule has 0 spiro atoms. The van der Waals surface area contributed by atoms with Crippen LogP contribution in [0.2, 0.25) is 0 Å². The van der Waals surface area contributed by atoms with Crippen LogP contribution in [0.15, 0.2) is 53.7 Å². The first-order valence-electron chi connectivity index (χ1n) is 11.9. The molecule has 1 heterocycles. The zero-order chi connectivity index (χ0) is 30.0. The molecule has 0 aliphatic carbocycles. The minimum Gasteiger partial charge on any atom is -0.462 e. The summed E-state index contributed by atoms with van der Waals surface area (Å²) in [6, 6.07) is 5.11. The van der Waals surface area contributed by atoms with Crippen LogP contribution in [0.3, 0.4) is 0 Å². The van der Waals surface area contributed by atoms with Gasteiger partial charge in [0.1, 0.15) is 0 Å². The molecule has 0 saturated heterocycles. The molecule has 0 radical (unpaired) electrons. The number of carbonyl (C=O) groups is 2. The number of urea groups is 1. The fraction of sp³-hybridized carbons (Fsp3) is 0.346. The third-order valence-corrected chi connectivity index (χ3v) is 6.26. The zero-order valence-corrected chi connectivity index (χ0v) is 22.6. The van der Waals surface area contributed by atoms with Crippen molar-refractivity contribution in [1.82, 2.24) is 10.2 Å². The molecule has 0 fully saturated rings. The molecule has 0 saturated carbocycles. The van der Waals surface area contributed by atoms with Gasteiger partial charge in [-0.3, -0.25) is 0 Å². The van der Waals surface area contributed by atoms with Crippen molar-refractivity contribution in [2.24, 2.45) is 5.92 Å². The first-order chi connectivity index (χ1) is 18.5. The number of thiocarbonyl (C=S) groups is 1. The standard InChI is InChI=1S/C26H26F6N4O3S/c1-13(2)12-39-22(37)20-14(3)36(4)24(40)35-21(20)15-5-7-18(8-6-15)33-23(38)34-19-10-16(25(27,28)29)9-17(11-19)26(30,31)32/h5-11,13,21H,12H2,1-4H3,(H,35,40)(H2,33,34,38). The molecule has 1 aliphatic heterocycles. The van der Waals surface area contributed by atoms with Crippen LogP contribution in [-0.2, 0) is 21.9 Å².